The third kappa shape index (κ3) is 6.29. The fraction of sp³-hybridized carbons (Fsp3) is 0.154. The maximum atomic E-state index is 12.1. The number of carbonyl (C=O) groups excluding carboxylic acids is 2. The van der Waals surface area contributed by atoms with Crippen molar-refractivity contribution in [2.75, 3.05) is 11.9 Å². The molecule has 8 heteroatoms. The molecule has 172 valence electrons. The average Bonchev–Trinajstić information content (AvgIpc) is 3.32. The zero-order valence-corrected chi connectivity index (χ0v) is 18.7. The van der Waals surface area contributed by atoms with Crippen LogP contribution in [0.5, 0.6) is 5.75 Å². The van der Waals surface area contributed by atoms with E-state index in [9.17, 15) is 9.59 Å². The van der Waals surface area contributed by atoms with Gasteiger partial charge in [0.05, 0.1) is 13.0 Å². The molecule has 0 radical (unpaired) electrons. The highest BCUT2D eigenvalue weighted by Crippen LogP contribution is 2.22. The van der Waals surface area contributed by atoms with E-state index in [-0.39, 0.29) is 31.4 Å². The van der Waals surface area contributed by atoms with Crippen molar-refractivity contribution in [3.63, 3.8) is 0 Å². The Morgan fingerprint density at radius 2 is 1.62 bits per heavy atom. The minimum Gasteiger partial charge on any atom is -0.484 e. The van der Waals surface area contributed by atoms with Crippen LogP contribution in [0.25, 0.3) is 11.5 Å². The molecule has 0 aliphatic rings. The summed E-state index contributed by atoms with van der Waals surface area (Å²) in [5.41, 5.74) is 3.42. The van der Waals surface area contributed by atoms with Crippen LogP contribution in [0.3, 0.4) is 0 Å². The maximum Gasteiger partial charge on any atom is 0.254 e. The number of ether oxygens (including phenoxy) is 1. The summed E-state index contributed by atoms with van der Waals surface area (Å²) in [5, 5.41) is 13.5. The van der Waals surface area contributed by atoms with Crippen LogP contribution in [0.15, 0.2) is 83.3 Å². The number of aryl methyl sites for hydroxylation is 1. The van der Waals surface area contributed by atoms with Gasteiger partial charge in [-0.3, -0.25) is 9.59 Å². The number of rotatable bonds is 9. The van der Waals surface area contributed by atoms with E-state index in [0.29, 0.717) is 23.2 Å². The number of carbonyl (C=O) groups is 2. The molecule has 3 aromatic carbocycles. The molecule has 34 heavy (non-hydrogen) atoms. The van der Waals surface area contributed by atoms with E-state index in [4.69, 9.17) is 9.15 Å². The number of hydrogen-bond donors (Lipinski definition) is 2. The van der Waals surface area contributed by atoms with Gasteiger partial charge in [0.15, 0.2) is 6.61 Å². The molecule has 1 heterocycles. The molecule has 1 aromatic heterocycles. The van der Waals surface area contributed by atoms with Gasteiger partial charge in [-0.1, -0.05) is 48.5 Å². The van der Waals surface area contributed by atoms with Crippen LogP contribution >= 0.6 is 0 Å². The third-order valence-electron chi connectivity index (χ3n) is 5.00. The minimum absolute atomic E-state index is 0.107. The van der Waals surface area contributed by atoms with E-state index >= 15 is 0 Å². The summed E-state index contributed by atoms with van der Waals surface area (Å²) in [5.74, 6) is 0.874. The Bertz CT molecular complexity index is 1250. The molecule has 2 N–H and O–H groups in total. The summed E-state index contributed by atoms with van der Waals surface area (Å²) in [6.45, 7) is 2.00. The van der Waals surface area contributed by atoms with E-state index < -0.39 is 0 Å². The van der Waals surface area contributed by atoms with Crippen molar-refractivity contribution in [3.8, 4) is 17.2 Å². The summed E-state index contributed by atoms with van der Waals surface area (Å²) in [7, 11) is 0. The Kier molecular flexibility index (Phi) is 7.29. The maximum absolute atomic E-state index is 12.1. The lowest BCUT2D eigenvalue weighted by molar-refractivity contribution is -0.123. The van der Waals surface area contributed by atoms with Gasteiger partial charge in [0, 0.05) is 11.3 Å². The first kappa shape index (κ1) is 22.7. The van der Waals surface area contributed by atoms with E-state index in [0.717, 1.165) is 16.7 Å². The number of aromatic nitrogens is 2. The SMILES string of the molecule is Cc1ccccc1-c1nnc(COc2ccc(NC(=O)CNC(=O)Cc3ccccc3)cc2)o1. The van der Waals surface area contributed by atoms with Crippen LogP contribution in [0, 0.1) is 6.92 Å². The predicted octanol–water partition coefficient (Wildman–Crippen LogP) is 3.92. The normalized spacial score (nSPS) is 10.5. The van der Waals surface area contributed by atoms with Gasteiger partial charge in [-0.25, -0.2) is 0 Å². The van der Waals surface area contributed by atoms with Crippen molar-refractivity contribution in [2.45, 2.75) is 20.0 Å². The Balaban J connectivity index is 1.22. The first-order valence-corrected chi connectivity index (χ1v) is 10.8. The zero-order valence-electron chi connectivity index (χ0n) is 18.7. The minimum atomic E-state index is -0.315. The quantitative estimate of drug-likeness (QED) is 0.395. The van der Waals surface area contributed by atoms with E-state index in [2.05, 4.69) is 20.8 Å². The smallest absolute Gasteiger partial charge is 0.254 e. The van der Waals surface area contributed by atoms with E-state index in [1.54, 1.807) is 24.3 Å². The number of hydrogen-bond acceptors (Lipinski definition) is 6. The van der Waals surface area contributed by atoms with Crippen LogP contribution in [0.1, 0.15) is 17.0 Å². The summed E-state index contributed by atoms with van der Waals surface area (Å²) in [6.07, 6.45) is 0.229. The van der Waals surface area contributed by atoms with Gasteiger partial charge in [0.2, 0.25) is 17.7 Å². The topological polar surface area (TPSA) is 106 Å². The molecule has 0 aliphatic carbocycles. The van der Waals surface area contributed by atoms with Crippen LogP contribution in [0.2, 0.25) is 0 Å². The van der Waals surface area contributed by atoms with Crippen molar-refractivity contribution in [1.82, 2.24) is 15.5 Å². The van der Waals surface area contributed by atoms with Crippen LogP contribution in [-0.4, -0.2) is 28.6 Å². The van der Waals surface area contributed by atoms with Gasteiger partial charge in [0.1, 0.15) is 5.75 Å². The van der Waals surface area contributed by atoms with Gasteiger partial charge in [-0.05, 0) is 48.4 Å². The van der Waals surface area contributed by atoms with Crippen molar-refractivity contribution < 1.29 is 18.7 Å². The lowest BCUT2D eigenvalue weighted by atomic mass is 10.1. The standard InChI is InChI=1S/C26H24N4O4/c1-18-7-5-6-10-22(18)26-30-29-25(34-26)17-33-21-13-11-20(12-14-21)28-24(32)16-27-23(31)15-19-8-3-2-4-9-19/h2-14H,15-17H2,1H3,(H,27,31)(H,28,32). The first-order chi connectivity index (χ1) is 16.6. The molecule has 0 bridgehead atoms. The Hall–Kier alpha value is -4.46. The summed E-state index contributed by atoms with van der Waals surface area (Å²) in [4.78, 5) is 24.1. The Morgan fingerprint density at radius 1 is 0.882 bits per heavy atom. The monoisotopic (exact) mass is 456 g/mol. The zero-order chi connectivity index (χ0) is 23.8. The lowest BCUT2D eigenvalue weighted by Crippen LogP contribution is -2.33. The van der Waals surface area contributed by atoms with Crippen molar-refractivity contribution in [3.05, 3.63) is 95.9 Å². The number of nitrogens with zero attached hydrogens (tertiary/aromatic N) is 2. The van der Waals surface area contributed by atoms with Gasteiger partial charge < -0.3 is 19.8 Å². The predicted molar refractivity (Wildman–Crippen MR) is 127 cm³/mol. The Morgan fingerprint density at radius 3 is 2.38 bits per heavy atom. The highest BCUT2D eigenvalue weighted by Gasteiger charge is 2.11. The van der Waals surface area contributed by atoms with Crippen LogP contribution < -0.4 is 15.4 Å². The fourth-order valence-electron chi connectivity index (χ4n) is 3.24. The van der Waals surface area contributed by atoms with Gasteiger partial charge in [-0.15, -0.1) is 10.2 Å². The molecular weight excluding hydrogens is 432 g/mol. The molecule has 0 saturated carbocycles. The largest absolute Gasteiger partial charge is 0.484 e. The van der Waals surface area contributed by atoms with Crippen LogP contribution in [0.4, 0.5) is 5.69 Å². The second-order valence-electron chi connectivity index (χ2n) is 7.62. The summed E-state index contributed by atoms with van der Waals surface area (Å²) < 4.78 is 11.4. The molecule has 0 fully saturated rings. The van der Waals surface area contributed by atoms with Gasteiger partial charge >= 0.3 is 0 Å². The highest BCUT2D eigenvalue weighted by molar-refractivity contribution is 5.94. The van der Waals surface area contributed by atoms with Gasteiger partial charge in [0.25, 0.3) is 5.89 Å². The third-order valence-corrected chi connectivity index (χ3v) is 5.00. The molecule has 0 atom stereocenters. The van der Waals surface area contributed by atoms with E-state index in [1.165, 1.54) is 0 Å². The number of amides is 2. The molecule has 4 rings (SSSR count). The number of anilines is 1. The second kappa shape index (κ2) is 10.9. The second-order valence-corrected chi connectivity index (χ2v) is 7.62. The molecular formula is C26H24N4O4. The highest BCUT2D eigenvalue weighted by atomic mass is 16.5. The van der Waals surface area contributed by atoms with Gasteiger partial charge in [-0.2, -0.15) is 0 Å². The van der Waals surface area contributed by atoms with Crippen molar-refractivity contribution in [2.24, 2.45) is 0 Å². The summed E-state index contributed by atoms with van der Waals surface area (Å²) >= 11 is 0. The number of benzene rings is 3. The molecule has 8 nitrogen and oxygen atoms in total. The number of nitrogens with one attached hydrogen (secondary N) is 2. The summed E-state index contributed by atoms with van der Waals surface area (Å²) in [6, 6.07) is 24.0. The fourth-order valence-corrected chi connectivity index (χ4v) is 3.24. The molecule has 4 aromatic rings. The molecule has 0 unspecified atom stereocenters. The lowest BCUT2D eigenvalue weighted by Gasteiger charge is -2.08. The molecule has 2 amide bonds. The van der Waals surface area contributed by atoms with Crippen molar-refractivity contribution >= 4 is 17.5 Å². The van der Waals surface area contributed by atoms with Crippen LogP contribution in [-0.2, 0) is 22.6 Å². The first-order valence-electron chi connectivity index (χ1n) is 10.8. The average molecular weight is 457 g/mol. The Labute approximate surface area is 197 Å². The molecule has 0 aliphatic heterocycles. The van der Waals surface area contributed by atoms with E-state index in [1.807, 2.05) is 61.5 Å². The van der Waals surface area contributed by atoms with Crippen molar-refractivity contribution in [1.29, 1.82) is 0 Å². The molecule has 0 spiro atoms. The molecule has 0 saturated heterocycles.